The first-order chi connectivity index (χ1) is 14.1. The van der Waals surface area contributed by atoms with Gasteiger partial charge in [-0.2, -0.15) is 4.68 Å². The van der Waals surface area contributed by atoms with Gasteiger partial charge in [0.1, 0.15) is 17.8 Å². The molecule has 1 amide bonds. The minimum Gasteiger partial charge on any atom is -0.494 e. The molecule has 7 nitrogen and oxygen atoms in total. The molecule has 0 unspecified atom stereocenters. The summed E-state index contributed by atoms with van der Waals surface area (Å²) in [6.45, 7) is 0. The average Bonchev–Trinajstić information content (AvgIpc) is 3.22. The average molecular weight is 389 g/mol. The minimum atomic E-state index is -0.462. The summed E-state index contributed by atoms with van der Waals surface area (Å²) in [6, 6.07) is 15.7. The van der Waals surface area contributed by atoms with Gasteiger partial charge in [-0.25, -0.2) is 0 Å². The molecule has 2 aliphatic carbocycles. The number of carbonyl (C=O) groups is 1. The van der Waals surface area contributed by atoms with E-state index in [0.29, 0.717) is 22.5 Å². The molecule has 2 aromatic carbocycles. The van der Waals surface area contributed by atoms with Crippen LogP contribution in [0.1, 0.15) is 37.7 Å². The van der Waals surface area contributed by atoms with Crippen LogP contribution >= 0.6 is 0 Å². The predicted molar refractivity (Wildman–Crippen MR) is 108 cm³/mol. The van der Waals surface area contributed by atoms with E-state index in [4.69, 9.17) is 4.74 Å². The number of amides is 1. The summed E-state index contributed by atoms with van der Waals surface area (Å²) in [7, 11) is 1.60. The zero-order valence-corrected chi connectivity index (χ0v) is 16.3. The van der Waals surface area contributed by atoms with Crippen LogP contribution in [0.15, 0.2) is 54.9 Å². The van der Waals surface area contributed by atoms with Gasteiger partial charge in [0, 0.05) is 5.69 Å². The Morgan fingerprint density at radius 1 is 1.14 bits per heavy atom. The Labute approximate surface area is 169 Å². The second-order valence-electron chi connectivity index (χ2n) is 8.25. The zero-order valence-electron chi connectivity index (χ0n) is 16.3. The van der Waals surface area contributed by atoms with Crippen molar-refractivity contribution in [3.63, 3.8) is 0 Å². The molecular weight excluding hydrogens is 366 g/mol. The summed E-state index contributed by atoms with van der Waals surface area (Å²) in [5.41, 5.74) is 2.38. The lowest BCUT2D eigenvalue weighted by atomic mass is 9.43. The number of nitrogens with zero attached hydrogens (tertiary/aromatic N) is 4. The number of hydrogen-bond donors (Lipinski definition) is 1. The molecule has 0 aliphatic heterocycles. The largest absolute Gasteiger partial charge is 0.494 e. The summed E-state index contributed by atoms with van der Waals surface area (Å²) in [4.78, 5) is 13.5. The van der Waals surface area contributed by atoms with Gasteiger partial charge in [0.05, 0.1) is 12.5 Å². The Bertz CT molecular complexity index is 1020. The molecule has 148 valence electrons. The van der Waals surface area contributed by atoms with Gasteiger partial charge in [-0.3, -0.25) is 4.79 Å². The van der Waals surface area contributed by atoms with E-state index < -0.39 is 5.41 Å². The van der Waals surface area contributed by atoms with E-state index in [0.717, 1.165) is 18.4 Å². The van der Waals surface area contributed by atoms with Crippen molar-refractivity contribution in [2.75, 3.05) is 12.4 Å². The second kappa shape index (κ2) is 6.69. The lowest BCUT2D eigenvalue weighted by Crippen LogP contribution is -2.58. The Kier molecular flexibility index (Phi) is 4.12. The molecule has 0 saturated heterocycles. The van der Waals surface area contributed by atoms with E-state index in [1.54, 1.807) is 7.11 Å². The molecule has 3 aromatic rings. The van der Waals surface area contributed by atoms with Crippen LogP contribution in [0.3, 0.4) is 0 Å². The Balaban J connectivity index is 1.45. The number of nitrogens with one attached hydrogen (secondary N) is 1. The normalized spacial score (nSPS) is 18.5. The highest BCUT2D eigenvalue weighted by Gasteiger charge is 2.61. The van der Waals surface area contributed by atoms with Crippen LogP contribution in [0.4, 0.5) is 5.69 Å². The molecule has 1 aromatic heterocycles. The van der Waals surface area contributed by atoms with Crippen molar-refractivity contribution < 1.29 is 9.53 Å². The number of aromatic nitrogens is 4. The minimum absolute atomic E-state index is 0.0501. The second-order valence-corrected chi connectivity index (χ2v) is 8.25. The van der Waals surface area contributed by atoms with Crippen molar-refractivity contribution in [3.05, 3.63) is 60.4 Å². The van der Waals surface area contributed by atoms with Crippen LogP contribution in [-0.4, -0.2) is 33.2 Å². The van der Waals surface area contributed by atoms with E-state index in [1.165, 1.54) is 30.3 Å². The number of ether oxygens (including phenoxy) is 1. The maximum atomic E-state index is 13.5. The summed E-state index contributed by atoms with van der Waals surface area (Å²) in [6.07, 6.45) is 7.10. The maximum Gasteiger partial charge on any atom is 0.235 e. The predicted octanol–water partition coefficient (Wildman–Crippen LogP) is 3.51. The molecule has 1 N–H and O–H groups in total. The number of methoxy groups -OCH3 is 1. The van der Waals surface area contributed by atoms with E-state index in [-0.39, 0.29) is 5.91 Å². The van der Waals surface area contributed by atoms with Crippen LogP contribution in [-0.2, 0) is 10.2 Å². The molecule has 2 fully saturated rings. The number of anilines is 1. The number of rotatable bonds is 5. The first-order valence-electron chi connectivity index (χ1n) is 9.93. The number of benzene rings is 2. The third-order valence-electron chi connectivity index (χ3n) is 6.56. The summed E-state index contributed by atoms with van der Waals surface area (Å²) < 4.78 is 6.94. The SMILES string of the molecule is COc1ccc(NC(=O)C2(c3ccccc3)CC3(CCC3)C2)cc1-n1cnnn1. The fraction of sp³-hybridized carbons (Fsp3) is 0.364. The van der Waals surface area contributed by atoms with Gasteiger partial charge in [-0.15, -0.1) is 5.10 Å². The van der Waals surface area contributed by atoms with E-state index >= 15 is 0 Å². The lowest BCUT2D eigenvalue weighted by molar-refractivity contribution is -0.136. The number of hydrogen-bond acceptors (Lipinski definition) is 5. The fourth-order valence-electron chi connectivity index (χ4n) is 4.98. The van der Waals surface area contributed by atoms with Gasteiger partial charge in [0.2, 0.25) is 5.91 Å². The van der Waals surface area contributed by atoms with Crippen LogP contribution < -0.4 is 10.1 Å². The molecule has 2 aliphatic rings. The number of carbonyl (C=O) groups excluding carboxylic acids is 1. The van der Waals surface area contributed by atoms with E-state index in [1.807, 2.05) is 36.4 Å². The molecule has 5 rings (SSSR count). The quantitative estimate of drug-likeness (QED) is 0.722. The third-order valence-corrected chi connectivity index (χ3v) is 6.56. The van der Waals surface area contributed by atoms with Gasteiger partial charge >= 0.3 is 0 Å². The molecule has 2 saturated carbocycles. The van der Waals surface area contributed by atoms with Crippen molar-refractivity contribution in [2.45, 2.75) is 37.5 Å². The first-order valence-corrected chi connectivity index (χ1v) is 9.93. The number of tetrazole rings is 1. The monoisotopic (exact) mass is 389 g/mol. The summed E-state index contributed by atoms with van der Waals surface area (Å²) in [5.74, 6) is 0.680. The molecule has 1 spiro atoms. The van der Waals surface area contributed by atoms with Crippen LogP contribution in [0.2, 0.25) is 0 Å². The summed E-state index contributed by atoms with van der Waals surface area (Å²) >= 11 is 0. The van der Waals surface area contributed by atoms with Crippen molar-refractivity contribution >= 4 is 11.6 Å². The van der Waals surface area contributed by atoms with E-state index in [2.05, 4.69) is 33.0 Å². The molecule has 7 heteroatoms. The molecular formula is C22H23N5O2. The van der Waals surface area contributed by atoms with Crippen LogP contribution in [0, 0.1) is 5.41 Å². The zero-order chi connectivity index (χ0) is 19.9. The molecule has 29 heavy (non-hydrogen) atoms. The Morgan fingerprint density at radius 3 is 2.55 bits per heavy atom. The third kappa shape index (κ3) is 2.88. The Morgan fingerprint density at radius 2 is 1.93 bits per heavy atom. The highest BCUT2D eigenvalue weighted by atomic mass is 16.5. The smallest absolute Gasteiger partial charge is 0.235 e. The van der Waals surface area contributed by atoms with Gasteiger partial charge in [-0.05, 0) is 65.3 Å². The Hall–Kier alpha value is -3.22. The highest BCUT2D eigenvalue weighted by molar-refractivity contribution is 6.00. The first kappa shape index (κ1) is 17.8. The topological polar surface area (TPSA) is 81.9 Å². The molecule has 0 atom stereocenters. The highest BCUT2D eigenvalue weighted by Crippen LogP contribution is 2.65. The van der Waals surface area contributed by atoms with Gasteiger partial charge in [-0.1, -0.05) is 36.8 Å². The van der Waals surface area contributed by atoms with Crippen LogP contribution in [0.25, 0.3) is 5.69 Å². The van der Waals surface area contributed by atoms with Crippen molar-refractivity contribution in [1.29, 1.82) is 0 Å². The van der Waals surface area contributed by atoms with Crippen molar-refractivity contribution in [1.82, 2.24) is 20.2 Å². The molecule has 0 radical (unpaired) electrons. The molecule has 1 heterocycles. The summed E-state index contributed by atoms with van der Waals surface area (Å²) in [5, 5.41) is 14.5. The lowest BCUT2D eigenvalue weighted by Gasteiger charge is -2.60. The van der Waals surface area contributed by atoms with Crippen LogP contribution in [0.5, 0.6) is 5.75 Å². The maximum absolute atomic E-state index is 13.5. The van der Waals surface area contributed by atoms with E-state index in [9.17, 15) is 4.79 Å². The van der Waals surface area contributed by atoms with Gasteiger partial charge in [0.15, 0.2) is 0 Å². The van der Waals surface area contributed by atoms with Gasteiger partial charge in [0.25, 0.3) is 0 Å². The standard InChI is InChI=1S/C22H23N5O2/c1-29-19-9-8-17(12-18(19)27-15-23-25-26-27)24-20(28)22(16-6-3-2-4-7-16)13-21(14-22)10-5-11-21/h2-4,6-9,12,15H,5,10-11,13-14H2,1H3,(H,24,28). The molecule has 0 bridgehead atoms. The van der Waals surface area contributed by atoms with Gasteiger partial charge < -0.3 is 10.1 Å². The van der Waals surface area contributed by atoms with Crippen molar-refractivity contribution in [3.8, 4) is 11.4 Å². The fourth-order valence-corrected chi connectivity index (χ4v) is 4.98. The van der Waals surface area contributed by atoms with Crippen molar-refractivity contribution in [2.24, 2.45) is 5.41 Å².